The lowest BCUT2D eigenvalue weighted by molar-refractivity contribution is -0.132. The minimum absolute atomic E-state index is 0.263. The molecular formula is C20H26N4O. The van der Waals surface area contributed by atoms with Crippen LogP contribution in [0.3, 0.4) is 0 Å². The molecule has 1 aliphatic carbocycles. The molecule has 132 valence electrons. The standard InChI is InChI=1S/C20H26N4O/c25-19(23-12-4-11-22-10-3-5-16(22)13-23)14-24-18-7-2-1-6-17(18)21-20(24)15-8-9-15/h1-2,6-7,15-16H,3-5,8-14H2. The van der Waals surface area contributed by atoms with Gasteiger partial charge in [-0.3, -0.25) is 9.69 Å². The summed E-state index contributed by atoms with van der Waals surface area (Å²) in [6.07, 6.45) is 6.04. The molecule has 1 amide bonds. The summed E-state index contributed by atoms with van der Waals surface area (Å²) in [5.74, 6) is 1.93. The van der Waals surface area contributed by atoms with Gasteiger partial charge < -0.3 is 9.47 Å². The van der Waals surface area contributed by atoms with Gasteiger partial charge in [0.2, 0.25) is 5.91 Å². The van der Waals surface area contributed by atoms with E-state index in [-0.39, 0.29) is 5.91 Å². The number of carbonyl (C=O) groups is 1. The fourth-order valence-electron chi connectivity index (χ4n) is 4.58. The smallest absolute Gasteiger partial charge is 0.242 e. The van der Waals surface area contributed by atoms with Gasteiger partial charge in [-0.25, -0.2) is 4.98 Å². The molecule has 2 aliphatic heterocycles. The van der Waals surface area contributed by atoms with Crippen LogP contribution in [0.4, 0.5) is 0 Å². The Labute approximate surface area is 148 Å². The molecular weight excluding hydrogens is 312 g/mol. The number of carbonyl (C=O) groups excluding carboxylic acids is 1. The molecule has 2 aromatic rings. The molecule has 3 fully saturated rings. The largest absolute Gasteiger partial charge is 0.340 e. The lowest BCUT2D eigenvalue weighted by atomic mass is 10.2. The topological polar surface area (TPSA) is 41.4 Å². The van der Waals surface area contributed by atoms with Gasteiger partial charge in [-0.2, -0.15) is 0 Å². The van der Waals surface area contributed by atoms with Crippen molar-refractivity contribution in [1.29, 1.82) is 0 Å². The summed E-state index contributed by atoms with van der Waals surface area (Å²) < 4.78 is 2.19. The second-order valence-electron chi connectivity index (χ2n) is 7.84. The van der Waals surface area contributed by atoms with Crippen molar-refractivity contribution in [2.24, 2.45) is 0 Å². The summed E-state index contributed by atoms with van der Waals surface area (Å²) in [6.45, 7) is 4.61. The van der Waals surface area contributed by atoms with E-state index in [4.69, 9.17) is 4.98 Å². The van der Waals surface area contributed by atoms with E-state index in [0.29, 0.717) is 18.5 Å². The number of para-hydroxylation sites is 2. The Hall–Kier alpha value is -1.88. The predicted octanol–water partition coefficient (Wildman–Crippen LogP) is 2.61. The van der Waals surface area contributed by atoms with Gasteiger partial charge in [-0.1, -0.05) is 12.1 Å². The highest BCUT2D eigenvalue weighted by molar-refractivity contribution is 5.81. The van der Waals surface area contributed by atoms with Gasteiger partial charge in [0, 0.05) is 31.6 Å². The van der Waals surface area contributed by atoms with E-state index in [1.54, 1.807) is 0 Å². The summed E-state index contributed by atoms with van der Waals surface area (Å²) in [5.41, 5.74) is 2.13. The maximum absolute atomic E-state index is 13.1. The van der Waals surface area contributed by atoms with Crippen LogP contribution in [0.1, 0.15) is 43.8 Å². The van der Waals surface area contributed by atoms with Crippen LogP contribution in [0.25, 0.3) is 11.0 Å². The van der Waals surface area contributed by atoms with E-state index in [1.165, 1.54) is 32.2 Å². The van der Waals surface area contributed by atoms with E-state index in [0.717, 1.165) is 42.9 Å². The highest BCUT2D eigenvalue weighted by Crippen LogP contribution is 2.40. The van der Waals surface area contributed by atoms with E-state index < -0.39 is 0 Å². The first-order valence-corrected chi connectivity index (χ1v) is 9.76. The number of fused-ring (bicyclic) bond motifs is 2. The molecule has 1 unspecified atom stereocenters. The Morgan fingerprint density at radius 3 is 2.80 bits per heavy atom. The van der Waals surface area contributed by atoms with Crippen molar-refractivity contribution in [3.63, 3.8) is 0 Å². The average molecular weight is 338 g/mol. The first-order valence-electron chi connectivity index (χ1n) is 9.76. The monoisotopic (exact) mass is 338 g/mol. The van der Waals surface area contributed by atoms with Crippen LogP contribution in [-0.2, 0) is 11.3 Å². The molecule has 1 atom stereocenters. The van der Waals surface area contributed by atoms with Gasteiger partial charge in [0.05, 0.1) is 11.0 Å². The fraction of sp³-hybridized carbons (Fsp3) is 0.600. The molecule has 5 heteroatoms. The first-order chi connectivity index (χ1) is 12.3. The van der Waals surface area contributed by atoms with Gasteiger partial charge >= 0.3 is 0 Å². The van der Waals surface area contributed by atoms with Crippen LogP contribution < -0.4 is 0 Å². The summed E-state index contributed by atoms with van der Waals surface area (Å²) in [4.78, 5) is 22.6. The van der Waals surface area contributed by atoms with Gasteiger partial charge in [0.15, 0.2) is 0 Å². The van der Waals surface area contributed by atoms with Crippen molar-refractivity contribution >= 4 is 16.9 Å². The first kappa shape index (κ1) is 15.4. The minimum atomic E-state index is 0.263. The maximum atomic E-state index is 13.1. The van der Waals surface area contributed by atoms with Gasteiger partial charge in [-0.15, -0.1) is 0 Å². The second kappa shape index (κ2) is 6.13. The number of benzene rings is 1. The number of aromatic nitrogens is 2. The van der Waals surface area contributed by atoms with Crippen LogP contribution in [0.5, 0.6) is 0 Å². The van der Waals surface area contributed by atoms with Gasteiger partial charge in [0.1, 0.15) is 12.4 Å². The highest BCUT2D eigenvalue weighted by Gasteiger charge is 2.33. The number of amides is 1. The van der Waals surface area contributed by atoms with Crippen LogP contribution in [0.2, 0.25) is 0 Å². The summed E-state index contributed by atoms with van der Waals surface area (Å²) in [7, 11) is 0. The Morgan fingerprint density at radius 1 is 1.08 bits per heavy atom. The van der Waals surface area contributed by atoms with E-state index in [2.05, 4.69) is 26.5 Å². The minimum Gasteiger partial charge on any atom is -0.340 e. The zero-order valence-electron chi connectivity index (χ0n) is 14.7. The SMILES string of the molecule is O=C(Cn1c(C2CC2)nc2ccccc21)N1CCCN2CCCC2C1. The van der Waals surface area contributed by atoms with Crippen molar-refractivity contribution in [2.75, 3.05) is 26.2 Å². The predicted molar refractivity (Wildman–Crippen MR) is 97.5 cm³/mol. The molecule has 1 aromatic carbocycles. The Kier molecular flexibility index (Phi) is 3.77. The van der Waals surface area contributed by atoms with Crippen molar-refractivity contribution in [1.82, 2.24) is 19.4 Å². The van der Waals surface area contributed by atoms with Crippen LogP contribution in [-0.4, -0.2) is 57.5 Å². The van der Waals surface area contributed by atoms with E-state index in [9.17, 15) is 4.79 Å². The maximum Gasteiger partial charge on any atom is 0.242 e. The molecule has 25 heavy (non-hydrogen) atoms. The molecule has 5 nitrogen and oxygen atoms in total. The normalized spacial score (nSPS) is 24.5. The number of rotatable bonds is 3. The summed E-state index contributed by atoms with van der Waals surface area (Å²) in [6, 6.07) is 8.81. The Balaban J connectivity index is 1.40. The molecule has 5 rings (SSSR count). The van der Waals surface area contributed by atoms with E-state index in [1.807, 2.05) is 12.1 Å². The van der Waals surface area contributed by atoms with E-state index >= 15 is 0 Å². The van der Waals surface area contributed by atoms with Crippen molar-refractivity contribution in [3.05, 3.63) is 30.1 Å². The third-order valence-corrected chi connectivity index (χ3v) is 6.08. The Morgan fingerprint density at radius 2 is 1.92 bits per heavy atom. The number of imidazole rings is 1. The summed E-state index contributed by atoms with van der Waals surface area (Å²) >= 11 is 0. The lowest BCUT2D eigenvalue weighted by Gasteiger charge is -2.26. The summed E-state index contributed by atoms with van der Waals surface area (Å²) in [5, 5.41) is 0. The zero-order chi connectivity index (χ0) is 16.8. The van der Waals surface area contributed by atoms with Crippen molar-refractivity contribution < 1.29 is 4.79 Å². The quantitative estimate of drug-likeness (QED) is 0.864. The average Bonchev–Trinajstić information content (AvgIpc) is 3.34. The third-order valence-electron chi connectivity index (χ3n) is 6.08. The van der Waals surface area contributed by atoms with Crippen LogP contribution in [0.15, 0.2) is 24.3 Å². The molecule has 1 aromatic heterocycles. The highest BCUT2D eigenvalue weighted by atomic mass is 16.2. The Bertz CT molecular complexity index is 794. The number of nitrogens with zero attached hydrogens (tertiary/aromatic N) is 4. The zero-order valence-corrected chi connectivity index (χ0v) is 14.7. The van der Waals surface area contributed by atoms with Gasteiger partial charge in [-0.05, 0) is 50.8 Å². The third kappa shape index (κ3) is 2.84. The van der Waals surface area contributed by atoms with Crippen molar-refractivity contribution in [2.45, 2.75) is 50.6 Å². The molecule has 3 aliphatic rings. The molecule has 0 bridgehead atoms. The van der Waals surface area contributed by atoms with Crippen molar-refractivity contribution in [3.8, 4) is 0 Å². The molecule has 3 heterocycles. The number of hydrogen-bond acceptors (Lipinski definition) is 3. The fourth-order valence-corrected chi connectivity index (χ4v) is 4.58. The molecule has 0 spiro atoms. The van der Waals surface area contributed by atoms with Gasteiger partial charge in [0.25, 0.3) is 0 Å². The van der Waals surface area contributed by atoms with Crippen LogP contribution in [0, 0.1) is 0 Å². The molecule has 1 saturated carbocycles. The molecule has 0 radical (unpaired) electrons. The molecule has 0 N–H and O–H groups in total. The second-order valence-corrected chi connectivity index (χ2v) is 7.84. The lowest BCUT2D eigenvalue weighted by Crippen LogP contribution is -2.41. The molecule has 2 saturated heterocycles. The van der Waals surface area contributed by atoms with Crippen LogP contribution >= 0.6 is 0 Å². The number of hydrogen-bond donors (Lipinski definition) is 0.